The lowest BCUT2D eigenvalue weighted by Crippen LogP contribution is -2.16. The van der Waals surface area contributed by atoms with Crippen LogP contribution in [-0.2, 0) is 0 Å². The van der Waals surface area contributed by atoms with Gasteiger partial charge in [-0.15, -0.1) is 0 Å². The van der Waals surface area contributed by atoms with Gasteiger partial charge in [0.1, 0.15) is 11.8 Å². The first-order chi connectivity index (χ1) is 11.7. The van der Waals surface area contributed by atoms with Crippen LogP contribution in [0.2, 0.25) is 0 Å². The van der Waals surface area contributed by atoms with Gasteiger partial charge in [-0.3, -0.25) is 0 Å². The predicted molar refractivity (Wildman–Crippen MR) is 92.9 cm³/mol. The first-order valence-corrected chi connectivity index (χ1v) is 8.22. The molecule has 0 radical (unpaired) electrons. The number of aromatic nitrogens is 2. The van der Waals surface area contributed by atoms with Gasteiger partial charge in [-0.05, 0) is 43.2 Å². The number of nitriles is 1. The van der Waals surface area contributed by atoms with Gasteiger partial charge >= 0.3 is 0 Å². The minimum Gasteiger partial charge on any atom is -0.508 e. The van der Waals surface area contributed by atoms with E-state index in [1.54, 1.807) is 12.1 Å². The van der Waals surface area contributed by atoms with Gasteiger partial charge in [-0.2, -0.15) is 5.26 Å². The first-order valence-electron chi connectivity index (χ1n) is 8.22. The van der Waals surface area contributed by atoms with E-state index in [-0.39, 0.29) is 5.75 Å². The van der Waals surface area contributed by atoms with E-state index in [4.69, 9.17) is 4.98 Å². The number of pyridine rings is 1. The fourth-order valence-electron chi connectivity index (χ4n) is 3.33. The summed E-state index contributed by atoms with van der Waals surface area (Å²) in [4.78, 5) is 4.73. The lowest BCUT2D eigenvalue weighted by Gasteiger charge is -2.15. The number of rotatable bonds is 3. The zero-order chi connectivity index (χ0) is 16.5. The number of hydrogen-bond acceptors (Lipinski definition) is 4. The second-order valence-corrected chi connectivity index (χ2v) is 6.25. The molecular weight excluding hydrogens is 300 g/mol. The molecule has 0 saturated heterocycles. The second kappa shape index (κ2) is 5.89. The van der Waals surface area contributed by atoms with Gasteiger partial charge in [-0.1, -0.05) is 12.8 Å². The van der Waals surface area contributed by atoms with Gasteiger partial charge in [0.05, 0.1) is 16.9 Å². The molecule has 4 rings (SSSR count). The first kappa shape index (κ1) is 14.6. The summed E-state index contributed by atoms with van der Waals surface area (Å²) in [6.45, 7) is 0. The Balaban J connectivity index is 1.80. The average molecular weight is 318 g/mol. The standard InChI is InChI=1S/C19H18N4O/c20-11-14-9-10-23-12-17(13-5-7-16(24)8-6-13)22-19(23)18(14)21-15-3-1-2-4-15/h5-10,12,15,21,24H,1-4H2. The van der Waals surface area contributed by atoms with Crippen LogP contribution >= 0.6 is 0 Å². The molecule has 0 bridgehead atoms. The number of benzene rings is 1. The minimum absolute atomic E-state index is 0.234. The molecule has 24 heavy (non-hydrogen) atoms. The van der Waals surface area contributed by atoms with E-state index in [9.17, 15) is 10.4 Å². The SMILES string of the molecule is N#Cc1ccn2cc(-c3ccc(O)cc3)nc2c1NC1CCCC1. The Labute approximate surface area is 140 Å². The summed E-state index contributed by atoms with van der Waals surface area (Å²) in [6, 6.07) is 11.5. The molecule has 1 fully saturated rings. The minimum atomic E-state index is 0.234. The Kier molecular flexibility index (Phi) is 3.58. The summed E-state index contributed by atoms with van der Waals surface area (Å²) in [5.74, 6) is 0.234. The van der Waals surface area contributed by atoms with Crippen LogP contribution < -0.4 is 5.32 Å². The number of phenols is 1. The number of anilines is 1. The Morgan fingerprint density at radius 3 is 2.62 bits per heavy atom. The highest BCUT2D eigenvalue weighted by molar-refractivity contribution is 5.78. The topological polar surface area (TPSA) is 73.3 Å². The highest BCUT2D eigenvalue weighted by Crippen LogP contribution is 2.29. The van der Waals surface area contributed by atoms with Crippen LogP contribution in [0, 0.1) is 11.3 Å². The van der Waals surface area contributed by atoms with Crippen molar-refractivity contribution in [1.29, 1.82) is 5.26 Å². The van der Waals surface area contributed by atoms with Crippen molar-refractivity contribution in [2.24, 2.45) is 0 Å². The van der Waals surface area contributed by atoms with E-state index in [1.807, 2.05) is 35.0 Å². The molecule has 1 aromatic carbocycles. The van der Waals surface area contributed by atoms with Crippen molar-refractivity contribution in [3.8, 4) is 23.1 Å². The van der Waals surface area contributed by atoms with Crippen LogP contribution in [0.25, 0.3) is 16.9 Å². The molecule has 5 nitrogen and oxygen atoms in total. The predicted octanol–water partition coefficient (Wildman–Crippen LogP) is 3.93. The van der Waals surface area contributed by atoms with E-state index >= 15 is 0 Å². The molecule has 0 atom stereocenters. The van der Waals surface area contributed by atoms with E-state index in [0.29, 0.717) is 11.6 Å². The summed E-state index contributed by atoms with van der Waals surface area (Å²) >= 11 is 0. The third kappa shape index (κ3) is 2.56. The molecule has 1 aliphatic rings. The van der Waals surface area contributed by atoms with Gasteiger partial charge in [-0.25, -0.2) is 4.98 Å². The third-order valence-electron chi connectivity index (χ3n) is 4.61. The average Bonchev–Trinajstić information content (AvgIpc) is 3.25. The highest BCUT2D eigenvalue weighted by Gasteiger charge is 2.19. The molecule has 3 aromatic rings. The van der Waals surface area contributed by atoms with Crippen molar-refractivity contribution in [2.45, 2.75) is 31.7 Å². The maximum atomic E-state index is 9.45. The lowest BCUT2D eigenvalue weighted by atomic mass is 10.2. The summed E-state index contributed by atoms with van der Waals surface area (Å²) in [7, 11) is 0. The van der Waals surface area contributed by atoms with E-state index < -0.39 is 0 Å². The van der Waals surface area contributed by atoms with Gasteiger partial charge in [0.25, 0.3) is 0 Å². The monoisotopic (exact) mass is 318 g/mol. The molecule has 120 valence electrons. The normalized spacial score (nSPS) is 14.8. The van der Waals surface area contributed by atoms with Gasteiger partial charge < -0.3 is 14.8 Å². The number of fused-ring (bicyclic) bond motifs is 1. The number of imidazole rings is 1. The van der Waals surface area contributed by atoms with Crippen molar-refractivity contribution in [3.05, 3.63) is 48.3 Å². The molecule has 2 heterocycles. The van der Waals surface area contributed by atoms with Gasteiger partial charge in [0, 0.05) is 24.0 Å². The molecule has 0 spiro atoms. The highest BCUT2D eigenvalue weighted by atomic mass is 16.3. The smallest absolute Gasteiger partial charge is 0.162 e. The fraction of sp³-hybridized carbons (Fsp3) is 0.263. The lowest BCUT2D eigenvalue weighted by molar-refractivity contribution is 0.475. The quantitative estimate of drug-likeness (QED) is 0.767. The molecule has 0 amide bonds. The molecule has 0 unspecified atom stereocenters. The van der Waals surface area contributed by atoms with Crippen LogP contribution in [0.4, 0.5) is 5.69 Å². The van der Waals surface area contributed by atoms with E-state index in [0.717, 1.165) is 35.4 Å². The number of nitrogens with one attached hydrogen (secondary N) is 1. The van der Waals surface area contributed by atoms with Gasteiger partial charge in [0.2, 0.25) is 0 Å². The molecule has 0 aliphatic heterocycles. The van der Waals surface area contributed by atoms with E-state index in [1.165, 1.54) is 12.8 Å². The van der Waals surface area contributed by atoms with Crippen LogP contribution in [-0.4, -0.2) is 20.5 Å². The van der Waals surface area contributed by atoms with Crippen molar-refractivity contribution >= 4 is 11.3 Å². The molecule has 2 aromatic heterocycles. The van der Waals surface area contributed by atoms with E-state index in [2.05, 4.69) is 11.4 Å². The third-order valence-corrected chi connectivity index (χ3v) is 4.61. The zero-order valence-corrected chi connectivity index (χ0v) is 13.2. The molecule has 1 saturated carbocycles. The second-order valence-electron chi connectivity index (χ2n) is 6.25. The fourth-order valence-corrected chi connectivity index (χ4v) is 3.33. The Morgan fingerprint density at radius 1 is 1.17 bits per heavy atom. The molecule has 5 heteroatoms. The van der Waals surface area contributed by atoms with Crippen molar-refractivity contribution < 1.29 is 5.11 Å². The molecular formula is C19H18N4O. The van der Waals surface area contributed by atoms with Gasteiger partial charge in [0.15, 0.2) is 5.65 Å². The van der Waals surface area contributed by atoms with Crippen LogP contribution in [0.1, 0.15) is 31.2 Å². The van der Waals surface area contributed by atoms with Crippen molar-refractivity contribution in [1.82, 2.24) is 9.38 Å². The van der Waals surface area contributed by atoms with Crippen LogP contribution in [0.15, 0.2) is 42.7 Å². The summed E-state index contributed by atoms with van der Waals surface area (Å²) in [6.07, 6.45) is 8.55. The van der Waals surface area contributed by atoms with Crippen molar-refractivity contribution in [3.63, 3.8) is 0 Å². The van der Waals surface area contributed by atoms with Crippen LogP contribution in [0.3, 0.4) is 0 Å². The maximum Gasteiger partial charge on any atom is 0.162 e. The Morgan fingerprint density at radius 2 is 1.92 bits per heavy atom. The number of hydrogen-bond donors (Lipinski definition) is 2. The molecule has 2 N–H and O–H groups in total. The van der Waals surface area contributed by atoms with Crippen molar-refractivity contribution in [2.75, 3.05) is 5.32 Å². The summed E-state index contributed by atoms with van der Waals surface area (Å²) in [5.41, 5.74) is 3.96. The number of aromatic hydroxyl groups is 1. The largest absolute Gasteiger partial charge is 0.508 e. The summed E-state index contributed by atoms with van der Waals surface area (Å²) < 4.78 is 1.94. The summed E-state index contributed by atoms with van der Waals surface area (Å²) in [5, 5.41) is 22.4. The number of phenolic OH excluding ortho intramolecular Hbond substituents is 1. The Hall–Kier alpha value is -3.00. The number of nitrogens with zero attached hydrogens (tertiary/aromatic N) is 3. The maximum absolute atomic E-state index is 9.45. The molecule has 1 aliphatic carbocycles. The van der Waals surface area contributed by atoms with Crippen LogP contribution in [0.5, 0.6) is 5.75 Å². The zero-order valence-electron chi connectivity index (χ0n) is 13.2. The Bertz CT molecular complexity index is 915.